The lowest BCUT2D eigenvalue weighted by Crippen LogP contribution is -2.38. The van der Waals surface area contributed by atoms with Crippen LogP contribution in [-0.4, -0.2) is 18.1 Å². The Kier molecular flexibility index (Phi) is 3.12. The van der Waals surface area contributed by atoms with Gasteiger partial charge < -0.3 is 4.90 Å². The Morgan fingerprint density at radius 3 is 2.57 bits per heavy atom. The highest BCUT2D eigenvalue weighted by Crippen LogP contribution is 2.29. The fraction of sp³-hybridized carbons (Fsp3) is 0.700. The molecule has 78 valence electrons. The van der Waals surface area contributed by atoms with Crippen LogP contribution in [0.3, 0.4) is 0 Å². The number of anilines is 1. The summed E-state index contributed by atoms with van der Waals surface area (Å²) in [5.41, 5.74) is 0. The smallest absolute Gasteiger partial charge is 0.186 e. The van der Waals surface area contributed by atoms with Gasteiger partial charge >= 0.3 is 0 Å². The number of piperidine rings is 1. The van der Waals surface area contributed by atoms with Crippen LogP contribution >= 0.6 is 27.3 Å². The Bertz CT molecular complexity index is 303. The lowest BCUT2D eigenvalue weighted by Gasteiger charge is -2.34. The summed E-state index contributed by atoms with van der Waals surface area (Å²) >= 11 is 5.13. The van der Waals surface area contributed by atoms with Crippen molar-refractivity contribution in [2.75, 3.05) is 18.0 Å². The molecule has 14 heavy (non-hydrogen) atoms. The van der Waals surface area contributed by atoms with Crippen LogP contribution in [0.5, 0.6) is 0 Å². The summed E-state index contributed by atoms with van der Waals surface area (Å²) in [6.07, 6.45) is 1.35. The quantitative estimate of drug-likeness (QED) is 0.781. The minimum Gasteiger partial charge on any atom is -0.348 e. The molecule has 2 rings (SSSR count). The van der Waals surface area contributed by atoms with Crippen LogP contribution in [-0.2, 0) is 0 Å². The molecule has 2 heterocycles. The minimum atomic E-state index is 0.793. The first kappa shape index (κ1) is 10.4. The summed E-state index contributed by atoms with van der Waals surface area (Å²) in [6, 6.07) is 0. The molecule has 0 N–H and O–H groups in total. The fourth-order valence-corrected chi connectivity index (χ4v) is 3.48. The Morgan fingerprint density at radius 1 is 1.43 bits per heavy atom. The van der Waals surface area contributed by atoms with E-state index in [1.54, 1.807) is 11.3 Å². The second-order valence-corrected chi connectivity index (χ2v) is 5.95. The molecule has 1 fully saturated rings. The van der Waals surface area contributed by atoms with Crippen molar-refractivity contribution in [1.82, 2.24) is 4.98 Å². The molecule has 4 heteroatoms. The first-order chi connectivity index (χ1) is 6.65. The van der Waals surface area contributed by atoms with Gasteiger partial charge in [0, 0.05) is 18.5 Å². The molecular formula is C10H15BrN2S. The Labute approximate surface area is 97.5 Å². The van der Waals surface area contributed by atoms with Gasteiger partial charge in [0.2, 0.25) is 0 Å². The van der Waals surface area contributed by atoms with E-state index >= 15 is 0 Å². The van der Waals surface area contributed by atoms with Crippen molar-refractivity contribution in [3.63, 3.8) is 0 Å². The molecule has 0 aliphatic carbocycles. The normalized spacial score (nSPS) is 28.1. The van der Waals surface area contributed by atoms with Crippen molar-refractivity contribution in [2.24, 2.45) is 11.8 Å². The monoisotopic (exact) mass is 274 g/mol. The summed E-state index contributed by atoms with van der Waals surface area (Å²) in [5.74, 6) is 1.59. The number of nitrogens with zero attached hydrogens (tertiary/aromatic N) is 2. The third kappa shape index (κ3) is 2.28. The van der Waals surface area contributed by atoms with Crippen molar-refractivity contribution < 1.29 is 0 Å². The summed E-state index contributed by atoms with van der Waals surface area (Å²) in [5, 5.41) is 3.22. The molecule has 2 unspecified atom stereocenters. The summed E-state index contributed by atoms with van der Waals surface area (Å²) < 4.78 is 0.961. The number of aromatic nitrogens is 1. The van der Waals surface area contributed by atoms with Gasteiger partial charge in [-0.2, -0.15) is 0 Å². The third-order valence-electron chi connectivity index (χ3n) is 2.60. The zero-order valence-corrected chi connectivity index (χ0v) is 10.9. The Morgan fingerprint density at radius 2 is 2.07 bits per heavy atom. The molecule has 2 nitrogen and oxygen atoms in total. The van der Waals surface area contributed by atoms with Crippen molar-refractivity contribution >= 4 is 32.4 Å². The van der Waals surface area contributed by atoms with Gasteiger partial charge in [0.1, 0.15) is 4.60 Å². The van der Waals surface area contributed by atoms with Gasteiger partial charge in [-0.3, -0.25) is 0 Å². The van der Waals surface area contributed by atoms with Gasteiger partial charge in [-0.15, -0.1) is 11.3 Å². The number of hydrogen-bond donors (Lipinski definition) is 0. The van der Waals surface area contributed by atoms with Gasteiger partial charge in [-0.05, 0) is 34.2 Å². The van der Waals surface area contributed by atoms with E-state index in [-0.39, 0.29) is 0 Å². The lowest BCUT2D eigenvalue weighted by molar-refractivity contribution is 0.356. The minimum absolute atomic E-state index is 0.793. The van der Waals surface area contributed by atoms with E-state index in [2.05, 4.69) is 45.0 Å². The van der Waals surface area contributed by atoms with E-state index in [0.717, 1.165) is 34.7 Å². The molecule has 1 aliphatic heterocycles. The van der Waals surface area contributed by atoms with E-state index in [9.17, 15) is 0 Å². The molecule has 0 saturated carbocycles. The molecule has 1 aliphatic rings. The van der Waals surface area contributed by atoms with Gasteiger partial charge in [-0.25, -0.2) is 4.98 Å². The van der Waals surface area contributed by atoms with E-state index in [1.165, 1.54) is 6.42 Å². The summed E-state index contributed by atoms with van der Waals surface area (Å²) in [6.45, 7) is 6.96. The lowest BCUT2D eigenvalue weighted by atomic mass is 9.92. The highest BCUT2D eigenvalue weighted by molar-refractivity contribution is 9.10. The first-order valence-electron chi connectivity index (χ1n) is 5.01. The van der Waals surface area contributed by atoms with Crippen molar-refractivity contribution in [2.45, 2.75) is 20.3 Å². The average molecular weight is 275 g/mol. The van der Waals surface area contributed by atoms with E-state index < -0.39 is 0 Å². The molecule has 1 saturated heterocycles. The van der Waals surface area contributed by atoms with Crippen LogP contribution < -0.4 is 4.90 Å². The molecule has 2 atom stereocenters. The largest absolute Gasteiger partial charge is 0.348 e. The predicted octanol–water partition coefficient (Wildman–Crippen LogP) is 3.39. The van der Waals surface area contributed by atoms with Gasteiger partial charge in [-0.1, -0.05) is 13.8 Å². The zero-order valence-electron chi connectivity index (χ0n) is 8.53. The van der Waals surface area contributed by atoms with Crippen LogP contribution in [0.4, 0.5) is 5.13 Å². The van der Waals surface area contributed by atoms with Crippen LogP contribution in [0.2, 0.25) is 0 Å². The van der Waals surface area contributed by atoms with E-state index in [4.69, 9.17) is 0 Å². The molecule has 0 bridgehead atoms. The molecule has 0 aromatic carbocycles. The molecule has 1 aromatic heterocycles. The second kappa shape index (κ2) is 4.19. The molecular weight excluding hydrogens is 260 g/mol. The van der Waals surface area contributed by atoms with Crippen molar-refractivity contribution in [3.8, 4) is 0 Å². The van der Waals surface area contributed by atoms with Crippen LogP contribution in [0, 0.1) is 11.8 Å². The van der Waals surface area contributed by atoms with Gasteiger partial charge in [0.05, 0.1) is 0 Å². The molecule has 0 spiro atoms. The van der Waals surface area contributed by atoms with Gasteiger partial charge in [0.25, 0.3) is 0 Å². The predicted molar refractivity (Wildman–Crippen MR) is 65.0 cm³/mol. The maximum absolute atomic E-state index is 4.46. The van der Waals surface area contributed by atoms with Crippen LogP contribution in [0.15, 0.2) is 9.98 Å². The number of hydrogen-bond acceptors (Lipinski definition) is 3. The first-order valence-corrected chi connectivity index (χ1v) is 6.68. The van der Waals surface area contributed by atoms with Crippen molar-refractivity contribution in [3.05, 3.63) is 9.98 Å². The van der Waals surface area contributed by atoms with E-state index in [0.29, 0.717) is 0 Å². The van der Waals surface area contributed by atoms with Gasteiger partial charge in [0.15, 0.2) is 5.13 Å². The summed E-state index contributed by atoms with van der Waals surface area (Å²) in [4.78, 5) is 6.88. The second-order valence-electron chi connectivity index (χ2n) is 4.30. The van der Waals surface area contributed by atoms with E-state index in [1.807, 2.05) is 0 Å². The maximum atomic E-state index is 4.46. The Hall–Kier alpha value is -0.0900. The highest BCUT2D eigenvalue weighted by Gasteiger charge is 2.23. The van der Waals surface area contributed by atoms with Crippen LogP contribution in [0.25, 0.3) is 0 Å². The number of halogens is 1. The van der Waals surface area contributed by atoms with Crippen molar-refractivity contribution in [1.29, 1.82) is 0 Å². The Balaban J connectivity index is 2.10. The topological polar surface area (TPSA) is 16.1 Å². The SMILES string of the molecule is CC1CC(C)CN(c2nc(Br)cs2)C1. The van der Waals surface area contributed by atoms with Crippen LogP contribution in [0.1, 0.15) is 20.3 Å². The fourth-order valence-electron chi connectivity index (χ4n) is 2.21. The number of rotatable bonds is 1. The maximum Gasteiger partial charge on any atom is 0.186 e. The number of thiazole rings is 1. The average Bonchev–Trinajstić information content (AvgIpc) is 2.50. The molecule has 0 radical (unpaired) electrons. The third-order valence-corrected chi connectivity index (χ3v) is 4.21. The molecule has 1 aromatic rings. The molecule has 0 amide bonds. The zero-order chi connectivity index (χ0) is 10.1. The standard InChI is InChI=1S/C10H15BrN2S/c1-7-3-8(2)5-13(4-7)10-12-9(11)6-14-10/h6-8H,3-5H2,1-2H3. The summed E-state index contributed by atoms with van der Waals surface area (Å²) in [7, 11) is 0. The highest BCUT2D eigenvalue weighted by atomic mass is 79.9.